The van der Waals surface area contributed by atoms with Crippen LogP contribution in [0, 0.1) is 5.41 Å². The van der Waals surface area contributed by atoms with E-state index in [2.05, 4.69) is 33.9 Å². The third-order valence-electron chi connectivity index (χ3n) is 3.25. The molecule has 127 valence electrons. The Morgan fingerprint density at radius 2 is 2.09 bits per heavy atom. The molecule has 0 aliphatic carbocycles. The number of hydrogen-bond acceptors (Lipinski definition) is 5. The van der Waals surface area contributed by atoms with Gasteiger partial charge in [0.2, 0.25) is 9.04 Å². The van der Waals surface area contributed by atoms with Gasteiger partial charge in [0.25, 0.3) is 0 Å². The second-order valence-corrected chi connectivity index (χ2v) is 9.06. The van der Waals surface area contributed by atoms with E-state index in [1.807, 2.05) is 6.92 Å². The van der Waals surface area contributed by atoms with Gasteiger partial charge >= 0.3 is 5.97 Å². The van der Waals surface area contributed by atoms with Gasteiger partial charge in [0, 0.05) is 6.08 Å². The van der Waals surface area contributed by atoms with Gasteiger partial charge in [-0.05, 0) is 37.9 Å². The van der Waals surface area contributed by atoms with Gasteiger partial charge in [-0.3, -0.25) is 0 Å². The average molecular weight is 329 g/mol. The minimum Gasteiger partial charge on any atom is -0.463 e. The summed E-state index contributed by atoms with van der Waals surface area (Å²) in [6.45, 7) is 15.2. The van der Waals surface area contributed by atoms with Crippen LogP contribution in [0.5, 0.6) is 0 Å². The molecule has 0 aromatic heterocycles. The van der Waals surface area contributed by atoms with Crippen molar-refractivity contribution in [1.29, 1.82) is 0 Å². The standard InChI is InChI=1S/C16H29O5Si/c1-8-18-13(17)9-12-10-19-16(5,11-20-22(6)7)21-14(12)15(2,3)4/h9,14H,8,10-11H2,1-7H3/t14-,16+/m0/s1. The number of carbonyl (C=O) groups excluding carboxylic acids is 1. The molecule has 2 atom stereocenters. The third kappa shape index (κ3) is 5.83. The molecule has 6 heteroatoms. The molecule has 0 aromatic rings. The van der Waals surface area contributed by atoms with Crippen LogP contribution in [-0.2, 0) is 23.4 Å². The van der Waals surface area contributed by atoms with Crippen molar-refractivity contribution < 1.29 is 23.4 Å². The van der Waals surface area contributed by atoms with Crippen LogP contribution >= 0.6 is 0 Å². The van der Waals surface area contributed by atoms with Gasteiger partial charge in [-0.15, -0.1) is 0 Å². The number of ether oxygens (including phenoxy) is 3. The molecule has 0 aromatic carbocycles. The van der Waals surface area contributed by atoms with Crippen molar-refractivity contribution in [2.45, 2.75) is 59.6 Å². The molecular weight excluding hydrogens is 300 g/mol. The molecule has 1 fully saturated rings. The summed E-state index contributed by atoms with van der Waals surface area (Å²) in [5.74, 6) is -1.14. The molecular formula is C16H29O5Si. The fourth-order valence-electron chi connectivity index (χ4n) is 2.21. The lowest BCUT2D eigenvalue weighted by molar-refractivity contribution is -0.288. The van der Waals surface area contributed by atoms with Gasteiger partial charge in [0.05, 0.1) is 25.9 Å². The molecule has 1 heterocycles. The summed E-state index contributed by atoms with van der Waals surface area (Å²) in [5, 5.41) is 0. The van der Waals surface area contributed by atoms with Gasteiger partial charge in [-0.25, -0.2) is 4.79 Å². The van der Waals surface area contributed by atoms with E-state index < -0.39 is 14.8 Å². The van der Waals surface area contributed by atoms with Gasteiger partial charge in [0.1, 0.15) is 0 Å². The molecule has 0 amide bonds. The molecule has 1 saturated heterocycles. The first-order valence-electron chi connectivity index (χ1n) is 7.69. The zero-order valence-corrected chi connectivity index (χ0v) is 15.8. The van der Waals surface area contributed by atoms with Crippen LogP contribution in [0.4, 0.5) is 0 Å². The number of carbonyl (C=O) groups is 1. The highest BCUT2D eigenvalue weighted by molar-refractivity contribution is 6.48. The maximum Gasteiger partial charge on any atom is 0.330 e. The van der Waals surface area contributed by atoms with Crippen molar-refractivity contribution in [3.05, 3.63) is 11.6 Å². The molecule has 1 rings (SSSR count). The van der Waals surface area contributed by atoms with Crippen molar-refractivity contribution in [3.8, 4) is 0 Å². The van der Waals surface area contributed by atoms with Crippen LogP contribution in [0.3, 0.4) is 0 Å². The maximum atomic E-state index is 11.7. The fourth-order valence-corrected chi connectivity index (χ4v) is 2.76. The summed E-state index contributed by atoms with van der Waals surface area (Å²) < 4.78 is 22.7. The van der Waals surface area contributed by atoms with Crippen molar-refractivity contribution in [2.75, 3.05) is 19.8 Å². The summed E-state index contributed by atoms with van der Waals surface area (Å²) in [7, 11) is -0.812. The van der Waals surface area contributed by atoms with Crippen LogP contribution in [0.15, 0.2) is 11.6 Å². The topological polar surface area (TPSA) is 54.0 Å². The van der Waals surface area contributed by atoms with E-state index in [0.717, 1.165) is 5.57 Å². The molecule has 22 heavy (non-hydrogen) atoms. The highest BCUT2D eigenvalue weighted by Gasteiger charge is 2.42. The van der Waals surface area contributed by atoms with Gasteiger partial charge in [-0.1, -0.05) is 20.8 Å². The van der Waals surface area contributed by atoms with Gasteiger partial charge < -0.3 is 18.6 Å². The van der Waals surface area contributed by atoms with E-state index >= 15 is 0 Å². The van der Waals surface area contributed by atoms with Gasteiger partial charge in [0.15, 0.2) is 5.79 Å². The van der Waals surface area contributed by atoms with Gasteiger partial charge in [-0.2, -0.15) is 0 Å². The predicted molar refractivity (Wildman–Crippen MR) is 86.8 cm³/mol. The Labute approximate surface area is 135 Å². The highest BCUT2D eigenvalue weighted by atomic mass is 28.3. The molecule has 1 radical (unpaired) electrons. The maximum absolute atomic E-state index is 11.7. The molecule has 0 N–H and O–H groups in total. The van der Waals surface area contributed by atoms with E-state index in [9.17, 15) is 4.79 Å². The molecule has 0 saturated carbocycles. The second-order valence-electron chi connectivity index (χ2n) is 6.95. The van der Waals surface area contributed by atoms with Crippen molar-refractivity contribution in [3.63, 3.8) is 0 Å². The fraction of sp³-hybridized carbons (Fsp3) is 0.812. The summed E-state index contributed by atoms with van der Waals surface area (Å²) in [6, 6.07) is 0. The zero-order chi connectivity index (χ0) is 17.0. The average Bonchev–Trinajstić information content (AvgIpc) is 2.38. The smallest absolute Gasteiger partial charge is 0.330 e. The van der Waals surface area contributed by atoms with E-state index in [1.54, 1.807) is 6.92 Å². The van der Waals surface area contributed by atoms with Crippen LogP contribution in [0.1, 0.15) is 34.6 Å². The van der Waals surface area contributed by atoms with Crippen LogP contribution < -0.4 is 0 Å². The SMILES string of the molecule is CCOC(=O)C=C1CO[C@@](C)(CO[Si](C)C)O[C@@H]1C(C)(C)C. The summed E-state index contributed by atoms with van der Waals surface area (Å²) in [6.07, 6.45) is 1.28. The lowest BCUT2D eigenvalue weighted by Gasteiger charge is -2.45. The lowest BCUT2D eigenvalue weighted by atomic mass is 9.83. The summed E-state index contributed by atoms with van der Waals surface area (Å²) in [5.41, 5.74) is 0.650. The normalized spacial score (nSPS) is 28.2. The van der Waals surface area contributed by atoms with Crippen LogP contribution in [0.25, 0.3) is 0 Å². The van der Waals surface area contributed by atoms with Crippen molar-refractivity contribution in [1.82, 2.24) is 0 Å². The minimum atomic E-state index is -0.812. The molecule has 0 bridgehead atoms. The van der Waals surface area contributed by atoms with E-state index in [4.69, 9.17) is 18.6 Å². The highest BCUT2D eigenvalue weighted by Crippen LogP contribution is 2.36. The molecule has 1 aliphatic rings. The number of hydrogen-bond donors (Lipinski definition) is 0. The van der Waals surface area contributed by atoms with E-state index in [-0.39, 0.29) is 17.5 Å². The second kappa shape index (κ2) is 7.72. The molecule has 0 spiro atoms. The first-order valence-corrected chi connectivity index (χ1v) is 10.1. The Balaban J connectivity index is 2.90. The van der Waals surface area contributed by atoms with Crippen molar-refractivity contribution in [2.24, 2.45) is 5.41 Å². The molecule has 5 nitrogen and oxygen atoms in total. The summed E-state index contributed by atoms with van der Waals surface area (Å²) in [4.78, 5) is 11.7. The Bertz CT molecular complexity index is 413. The first kappa shape index (κ1) is 19.4. The molecule has 0 unspecified atom stereocenters. The Kier molecular flexibility index (Phi) is 6.79. The largest absolute Gasteiger partial charge is 0.463 e. The van der Waals surface area contributed by atoms with Crippen LogP contribution in [0.2, 0.25) is 13.1 Å². The zero-order valence-electron chi connectivity index (χ0n) is 14.8. The first-order chi connectivity index (χ1) is 10.1. The quantitative estimate of drug-likeness (QED) is 0.441. The Morgan fingerprint density at radius 1 is 1.45 bits per heavy atom. The Morgan fingerprint density at radius 3 is 2.59 bits per heavy atom. The van der Waals surface area contributed by atoms with E-state index in [0.29, 0.717) is 19.8 Å². The van der Waals surface area contributed by atoms with Crippen molar-refractivity contribution >= 4 is 15.0 Å². The minimum absolute atomic E-state index is 0.157. The van der Waals surface area contributed by atoms with Crippen LogP contribution in [-0.4, -0.2) is 46.7 Å². The third-order valence-corrected chi connectivity index (χ3v) is 3.97. The number of esters is 1. The molecule has 1 aliphatic heterocycles. The predicted octanol–water partition coefficient (Wildman–Crippen LogP) is 2.92. The monoisotopic (exact) mass is 329 g/mol. The van der Waals surface area contributed by atoms with E-state index in [1.165, 1.54) is 6.08 Å². The lowest BCUT2D eigenvalue weighted by Crippen LogP contribution is -2.51. The summed E-state index contributed by atoms with van der Waals surface area (Å²) >= 11 is 0. The number of rotatable bonds is 5. The Hall–Kier alpha value is -0.693.